The standard InChI is InChI=1S/C19H24N4O/c20-17-8-4-5-9-18(17)21-19(24)10-11-22-12-14-23(15-13-22)16-6-2-1-3-7-16/h1-9H,10-15,20H2,(H,21,24). The van der Waals surface area contributed by atoms with Crippen molar-refractivity contribution < 1.29 is 4.79 Å². The summed E-state index contributed by atoms with van der Waals surface area (Å²) in [5.41, 5.74) is 8.41. The van der Waals surface area contributed by atoms with Crippen molar-refractivity contribution in [1.29, 1.82) is 0 Å². The fourth-order valence-corrected chi connectivity index (χ4v) is 2.95. The lowest BCUT2D eigenvalue weighted by Gasteiger charge is -2.36. The number of rotatable bonds is 5. The first kappa shape index (κ1) is 16.3. The quantitative estimate of drug-likeness (QED) is 0.829. The first-order valence-corrected chi connectivity index (χ1v) is 8.39. The number of carbonyl (C=O) groups excluding carboxylic acids is 1. The van der Waals surface area contributed by atoms with Gasteiger partial charge in [-0.05, 0) is 24.3 Å². The molecule has 0 aliphatic carbocycles. The van der Waals surface area contributed by atoms with Gasteiger partial charge in [0.15, 0.2) is 0 Å². The van der Waals surface area contributed by atoms with Crippen molar-refractivity contribution in [2.45, 2.75) is 6.42 Å². The van der Waals surface area contributed by atoms with E-state index < -0.39 is 0 Å². The van der Waals surface area contributed by atoms with E-state index in [1.165, 1.54) is 5.69 Å². The maximum atomic E-state index is 12.1. The second-order valence-corrected chi connectivity index (χ2v) is 6.05. The Morgan fingerprint density at radius 1 is 0.958 bits per heavy atom. The minimum absolute atomic E-state index is 0.0124. The summed E-state index contributed by atoms with van der Waals surface area (Å²) in [7, 11) is 0. The van der Waals surface area contributed by atoms with E-state index in [1.54, 1.807) is 6.07 Å². The lowest BCUT2D eigenvalue weighted by molar-refractivity contribution is -0.116. The van der Waals surface area contributed by atoms with Crippen molar-refractivity contribution in [2.24, 2.45) is 0 Å². The number of amides is 1. The second kappa shape index (κ2) is 7.84. The molecule has 3 N–H and O–H groups in total. The average molecular weight is 324 g/mol. The van der Waals surface area contributed by atoms with Gasteiger partial charge in [-0.15, -0.1) is 0 Å². The van der Waals surface area contributed by atoms with Crippen molar-refractivity contribution >= 4 is 23.0 Å². The Bertz CT molecular complexity index is 666. The third kappa shape index (κ3) is 4.26. The minimum Gasteiger partial charge on any atom is -0.397 e. The Morgan fingerprint density at radius 3 is 2.33 bits per heavy atom. The molecule has 0 aromatic heterocycles. The number of hydrogen-bond donors (Lipinski definition) is 2. The van der Waals surface area contributed by atoms with Crippen LogP contribution in [0.5, 0.6) is 0 Å². The molecule has 0 radical (unpaired) electrons. The zero-order chi connectivity index (χ0) is 16.8. The number of carbonyl (C=O) groups is 1. The molecule has 0 unspecified atom stereocenters. The van der Waals surface area contributed by atoms with Crippen molar-refractivity contribution in [3.8, 4) is 0 Å². The van der Waals surface area contributed by atoms with Crippen LogP contribution >= 0.6 is 0 Å². The molecule has 24 heavy (non-hydrogen) atoms. The monoisotopic (exact) mass is 324 g/mol. The van der Waals surface area contributed by atoms with E-state index in [1.807, 2.05) is 24.3 Å². The van der Waals surface area contributed by atoms with Gasteiger partial charge in [-0.3, -0.25) is 9.69 Å². The van der Waals surface area contributed by atoms with Crippen LogP contribution in [0.25, 0.3) is 0 Å². The van der Waals surface area contributed by atoms with Crippen LogP contribution in [0.2, 0.25) is 0 Å². The Morgan fingerprint density at radius 2 is 1.62 bits per heavy atom. The van der Waals surface area contributed by atoms with Crippen molar-refractivity contribution in [1.82, 2.24) is 4.90 Å². The number of nitrogens with zero attached hydrogens (tertiary/aromatic N) is 2. The maximum Gasteiger partial charge on any atom is 0.225 e. The van der Waals surface area contributed by atoms with Crippen molar-refractivity contribution in [2.75, 3.05) is 48.7 Å². The van der Waals surface area contributed by atoms with Crippen LogP contribution in [0.15, 0.2) is 54.6 Å². The highest BCUT2D eigenvalue weighted by Crippen LogP contribution is 2.17. The first-order chi connectivity index (χ1) is 11.7. The molecular weight excluding hydrogens is 300 g/mol. The third-order valence-corrected chi connectivity index (χ3v) is 4.38. The number of nitrogens with one attached hydrogen (secondary N) is 1. The number of anilines is 3. The van der Waals surface area contributed by atoms with Gasteiger partial charge in [0.1, 0.15) is 0 Å². The smallest absolute Gasteiger partial charge is 0.225 e. The molecule has 3 rings (SSSR count). The first-order valence-electron chi connectivity index (χ1n) is 8.39. The zero-order valence-electron chi connectivity index (χ0n) is 13.8. The number of para-hydroxylation sites is 3. The highest BCUT2D eigenvalue weighted by Gasteiger charge is 2.17. The molecule has 0 bridgehead atoms. The van der Waals surface area contributed by atoms with Gasteiger partial charge in [-0.1, -0.05) is 30.3 Å². The third-order valence-electron chi connectivity index (χ3n) is 4.38. The largest absolute Gasteiger partial charge is 0.397 e. The fourth-order valence-electron chi connectivity index (χ4n) is 2.95. The lowest BCUT2D eigenvalue weighted by Crippen LogP contribution is -2.47. The van der Waals surface area contributed by atoms with E-state index in [9.17, 15) is 4.79 Å². The summed E-state index contributed by atoms with van der Waals surface area (Å²) in [5.74, 6) is 0.0124. The SMILES string of the molecule is Nc1ccccc1NC(=O)CCN1CCN(c2ccccc2)CC1. The fraction of sp³-hybridized carbons (Fsp3) is 0.316. The topological polar surface area (TPSA) is 61.6 Å². The Kier molecular flexibility index (Phi) is 5.33. The van der Waals surface area contributed by atoms with Gasteiger partial charge in [0.2, 0.25) is 5.91 Å². The molecule has 126 valence electrons. The molecule has 1 aliphatic heterocycles. The van der Waals surface area contributed by atoms with Crippen LogP contribution in [0.4, 0.5) is 17.1 Å². The summed E-state index contributed by atoms with van der Waals surface area (Å²) in [6.45, 7) is 4.74. The van der Waals surface area contributed by atoms with Gasteiger partial charge >= 0.3 is 0 Å². The van der Waals surface area contributed by atoms with E-state index in [0.29, 0.717) is 17.8 Å². The molecule has 1 saturated heterocycles. The molecule has 2 aromatic rings. The van der Waals surface area contributed by atoms with E-state index in [2.05, 4.69) is 39.4 Å². The van der Waals surface area contributed by atoms with Gasteiger partial charge in [-0.25, -0.2) is 0 Å². The predicted molar refractivity (Wildman–Crippen MR) is 99.2 cm³/mol. The molecule has 1 heterocycles. The van der Waals surface area contributed by atoms with Crippen LogP contribution in [0.3, 0.4) is 0 Å². The average Bonchev–Trinajstić information content (AvgIpc) is 2.63. The minimum atomic E-state index is 0.0124. The molecule has 0 saturated carbocycles. The number of piperazine rings is 1. The predicted octanol–water partition coefficient (Wildman–Crippen LogP) is 2.42. The molecule has 1 aliphatic rings. The van der Waals surface area contributed by atoms with Gasteiger partial charge in [-0.2, -0.15) is 0 Å². The van der Waals surface area contributed by atoms with E-state index >= 15 is 0 Å². The summed E-state index contributed by atoms with van der Waals surface area (Å²) in [5, 5.41) is 2.88. The molecule has 0 atom stereocenters. The number of benzene rings is 2. The highest BCUT2D eigenvalue weighted by atomic mass is 16.1. The molecular formula is C19H24N4O. The Balaban J connectivity index is 1.42. The highest BCUT2D eigenvalue weighted by molar-refractivity contribution is 5.93. The zero-order valence-corrected chi connectivity index (χ0v) is 13.8. The van der Waals surface area contributed by atoms with Crippen LogP contribution < -0.4 is 16.0 Å². The van der Waals surface area contributed by atoms with Gasteiger partial charge in [0.25, 0.3) is 0 Å². The number of hydrogen-bond acceptors (Lipinski definition) is 4. The lowest BCUT2D eigenvalue weighted by atomic mass is 10.2. The van der Waals surface area contributed by atoms with E-state index in [0.717, 1.165) is 32.7 Å². The van der Waals surface area contributed by atoms with Crippen LogP contribution in [0.1, 0.15) is 6.42 Å². The van der Waals surface area contributed by atoms with Crippen molar-refractivity contribution in [3.63, 3.8) is 0 Å². The normalized spacial score (nSPS) is 15.2. The molecule has 5 nitrogen and oxygen atoms in total. The summed E-state index contributed by atoms with van der Waals surface area (Å²) < 4.78 is 0. The summed E-state index contributed by atoms with van der Waals surface area (Å²) in [6.07, 6.45) is 0.486. The molecule has 1 amide bonds. The van der Waals surface area contributed by atoms with E-state index in [-0.39, 0.29) is 5.91 Å². The summed E-state index contributed by atoms with van der Waals surface area (Å²) >= 11 is 0. The van der Waals surface area contributed by atoms with Crippen molar-refractivity contribution in [3.05, 3.63) is 54.6 Å². The maximum absolute atomic E-state index is 12.1. The van der Waals surface area contributed by atoms with Gasteiger partial charge in [0.05, 0.1) is 11.4 Å². The molecule has 0 spiro atoms. The Labute approximate surface area is 143 Å². The number of nitrogen functional groups attached to an aromatic ring is 1. The summed E-state index contributed by atoms with van der Waals surface area (Å²) in [4.78, 5) is 16.8. The van der Waals surface area contributed by atoms with Gasteiger partial charge < -0.3 is 16.0 Å². The summed E-state index contributed by atoms with van der Waals surface area (Å²) in [6, 6.07) is 17.8. The van der Waals surface area contributed by atoms with Crippen LogP contribution in [0, 0.1) is 0 Å². The molecule has 5 heteroatoms. The van der Waals surface area contributed by atoms with E-state index in [4.69, 9.17) is 5.73 Å². The molecule has 2 aromatic carbocycles. The number of nitrogens with two attached hydrogens (primary N) is 1. The van der Waals surface area contributed by atoms with Crippen LogP contribution in [-0.2, 0) is 4.79 Å². The second-order valence-electron chi connectivity index (χ2n) is 6.05. The van der Waals surface area contributed by atoms with Crippen LogP contribution in [-0.4, -0.2) is 43.5 Å². The molecule has 1 fully saturated rings. The van der Waals surface area contributed by atoms with Gasteiger partial charge in [0, 0.05) is 44.8 Å². The Hall–Kier alpha value is -2.53.